The number of carbonyl (C=O) groups excluding carboxylic acids is 1. The molecule has 5 nitrogen and oxygen atoms in total. The molecule has 0 spiro atoms. The van der Waals surface area contributed by atoms with E-state index in [1.54, 1.807) is 11.3 Å². The average Bonchev–Trinajstić information content (AvgIpc) is 3.32. The first-order chi connectivity index (χ1) is 11.8. The minimum atomic E-state index is 0.0272. The van der Waals surface area contributed by atoms with E-state index in [0.29, 0.717) is 6.42 Å². The van der Waals surface area contributed by atoms with Crippen LogP contribution in [0.2, 0.25) is 0 Å². The summed E-state index contributed by atoms with van der Waals surface area (Å²) in [6.45, 7) is 0.799. The van der Waals surface area contributed by atoms with E-state index in [1.807, 2.05) is 23.6 Å². The van der Waals surface area contributed by atoms with E-state index in [1.165, 1.54) is 5.56 Å². The molecule has 0 saturated carbocycles. The average molecular weight is 341 g/mol. The first-order valence-electron chi connectivity index (χ1n) is 8.20. The Balaban J connectivity index is 1.43. The number of H-pyrrole nitrogens is 1. The smallest absolute Gasteiger partial charge is 0.224 e. The fraction of sp³-hybridized carbons (Fsp3) is 0.333. The number of fused-ring (bicyclic) bond motifs is 1. The zero-order chi connectivity index (χ0) is 16.4. The van der Waals surface area contributed by atoms with Crippen LogP contribution in [0.1, 0.15) is 36.8 Å². The number of nitrogens with one attached hydrogen (secondary N) is 2. The number of hydrogen-bond acceptors (Lipinski definition) is 4. The molecule has 124 valence electrons. The third-order valence-electron chi connectivity index (χ3n) is 4.24. The predicted octanol–water partition coefficient (Wildman–Crippen LogP) is 4.05. The number of aromatic amines is 1. The van der Waals surface area contributed by atoms with Gasteiger partial charge in [0.2, 0.25) is 5.91 Å². The standard InChI is InChI=1S/C18H19N3O2S/c22-17(6-3-12-7-9-24-11-12)19-13-4-5-14-15(10-13)21-18(20-14)16-2-1-8-23-16/h4-5,7,9-11,16H,1-3,6,8H2,(H,19,22)(H,20,21). The zero-order valence-corrected chi connectivity index (χ0v) is 14.1. The molecule has 3 aromatic rings. The maximum atomic E-state index is 12.1. The summed E-state index contributed by atoms with van der Waals surface area (Å²) in [4.78, 5) is 20.0. The lowest BCUT2D eigenvalue weighted by Gasteiger charge is -2.04. The van der Waals surface area contributed by atoms with Crippen molar-refractivity contribution in [2.75, 3.05) is 11.9 Å². The third-order valence-corrected chi connectivity index (χ3v) is 4.97. The van der Waals surface area contributed by atoms with Crippen molar-refractivity contribution < 1.29 is 9.53 Å². The summed E-state index contributed by atoms with van der Waals surface area (Å²) in [7, 11) is 0. The lowest BCUT2D eigenvalue weighted by atomic mass is 10.2. The quantitative estimate of drug-likeness (QED) is 0.736. The number of aromatic nitrogens is 2. The van der Waals surface area contributed by atoms with Crippen LogP contribution in [-0.4, -0.2) is 22.5 Å². The second-order valence-electron chi connectivity index (χ2n) is 6.04. The van der Waals surface area contributed by atoms with Crippen LogP contribution in [-0.2, 0) is 16.0 Å². The van der Waals surface area contributed by atoms with Crippen LogP contribution >= 0.6 is 11.3 Å². The van der Waals surface area contributed by atoms with Crippen LogP contribution in [0.4, 0.5) is 5.69 Å². The minimum absolute atomic E-state index is 0.0272. The molecule has 1 amide bonds. The molecule has 0 radical (unpaired) electrons. The van der Waals surface area contributed by atoms with E-state index in [9.17, 15) is 4.79 Å². The summed E-state index contributed by atoms with van der Waals surface area (Å²) in [6, 6.07) is 7.81. The van der Waals surface area contributed by atoms with E-state index in [0.717, 1.165) is 48.4 Å². The van der Waals surface area contributed by atoms with Gasteiger partial charge < -0.3 is 15.0 Å². The van der Waals surface area contributed by atoms with Crippen molar-refractivity contribution in [2.24, 2.45) is 0 Å². The molecular weight excluding hydrogens is 322 g/mol. The van der Waals surface area contributed by atoms with Gasteiger partial charge in [-0.2, -0.15) is 11.3 Å². The molecule has 24 heavy (non-hydrogen) atoms. The normalized spacial score (nSPS) is 17.4. The molecule has 2 aromatic heterocycles. The number of rotatable bonds is 5. The van der Waals surface area contributed by atoms with Crippen molar-refractivity contribution in [1.82, 2.24) is 9.97 Å². The number of ether oxygens (including phenoxy) is 1. The number of aryl methyl sites for hydroxylation is 1. The Hall–Kier alpha value is -2.18. The molecule has 1 atom stereocenters. The fourth-order valence-corrected chi connectivity index (χ4v) is 3.67. The molecule has 1 aliphatic heterocycles. The van der Waals surface area contributed by atoms with Crippen LogP contribution in [0.15, 0.2) is 35.0 Å². The van der Waals surface area contributed by atoms with Gasteiger partial charge in [0.1, 0.15) is 11.9 Å². The highest BCUT2D eigenvalue weighted by atomic mass is 32.1. The van der Waals surface area contributed by atoms with Gasteiger partial charge in [0.25, 0.3) is 0 Å². The third kappa shape index (κ3) is 3.34. The molecule has 1 fully saturated rings. The van der Waals surface area contributed by atoms with Crippen molar-refractivity contribution >= 4 is 34.0 Å². The number of hydrogen-bond donors (Lipinski definition) is 2. The lowest BCUT2D eigenvalue weighted by Crippen LogP contribution is -2.12. The van der Waals surface area contributed by atoms with Crippen molar-refractivity contribution in [3.8, 4) is 0 Å². The van der Waals surface area contributed by atoms with Gasteiger partial charge in [0.15, 0.2) is 0 Å². The highest BCUT2D eigenvalue weighted by molar-refractivity contribution is 7.07. The molecule has 4 rings (SSSR count). The van der Waals surface area contributed by atoms with Gasteiger partial charge in [-0.25, -0.2) is 4.98 Å². The Labute approximate surface area is 144 Å². The number of nitrogens with zero attached hydrogens (tertiary/aromatic N) is 1. The van der Waals surface area contributed by atoms with Crippen LogP contribution in [0.3, 0.4) is 0 Å². The molecule has 0 aliphatic carbocycles. The highest BCUT2D eigenvalue weighted by Gasteiger charge is 2.21. The monoisotopic (exact) mass is 341 g/mol. The molecule has 0 bridgehead atoms. The molecule has 3 heterocycles. The number of imidazole rings is 1. The van der Waals surface area contributed by atoms with E-state index >= 15 is 0 Å². The van der Waals surface area contributed by atoms with Crippen LogP contribution in [0, 0.1) is 0 Å². The highest BCUT2D eigenvalue weighted by Crippen LogP contribution is 2.28. The molecule has 1 aliphatic rings. The largest absolute Gasteiger partial charge is 0.370 e. The number of amides is 1. The van der Waals surface area contributed by atoms with Gasteiger partial charge >= 0.3 is 0 Å². The van der Waals surface area contributed by atoms with E-state index < -0.39 is 0 Å². The number of benzene rings is 1. The maximum absolute atomic E-state index is 12.1. The zero-order valence-electron chi connectivity index (χ0n) is 13.2. The maximum Gasteiger partial charge on any atom is 0.224 e. The molecule has 1 unspecified atom stereocenters. The summed E-state index contributed by atoms with van der Waals surface area (Å²) in [5.41, 5.74) is 3.83. The Morgan fingerprint density at radius 1 is 1.42 bits per heavy atom. The fourth-order valence-electron chi connectivity index (χ4n) is 2.97. The van der Waals surface area contributed by atoms with Crippen molar-refractivity contribution in [3.05, 3.63) is 46.4 Å². The van der Waals surface area contributed by atoms with Crippen molar-refractivity contribution in [1.29, 1.82) is 0 Å². The topological polar surface area (TPSA) is 67.0 Å². The summed E-state index contributed by atoms with van der Waals surface area (Å²) in [5.74, 6) is 0.905. The van der Waals surface area contributed by atoms with Crippen molar-refractivity contribution in [2.45, 2.75) is 31.8 Å². The summed E-state index contributed by atoms with van der Waals surface area (Å²) >= 11 is 1.66. The van der Waals surface area contributed by atoms with Gasteiger partial charge in [-0.3, -0.25) is 4.79 Å². The molecule has 2 N–H and O–H groups in total. The lowest BCUT2D eigenvalue weighted by molar-refractivity contribution is -0.116. The molecule has 6 heteroatoms. The van der Waals surface area contributed by atoms with Gasteiger partial charge in [-0.1, -0.05) is 0 Å². The molecular formula is C18H19N3O2S. The van der Waals surface area contributed by atoms with E-state index in [2.05, 4.69) is 26.7 Å². The first-order valence-corrected chi connectivity index (χ1v) is 9.14. The predicted molar refractivity (Wildman–Crippen MR) is 95.3 cm³/mol. The van der Waals surface area contributed by atoms with Gasteiger partial charge in [0.05, 0.1) is 11.0 Å². The van der Waals surface area contributed by atoms with Crippen LogP contribution in [0.25, 0.3) is 11.0 Å². The molecule has 1 saturated heterocycles. The summed E-state index contributed by atoms with van der Waals surface area (Å²) < 4.78 is 5.67. The van der Waals surface area contributed by atoms with E-state index in [4.69, 9.17) is 4.74 Å². The minimum Gasteiger partial charge on any atom is -0.370 e. The molecule has 1 aromatic carbocycles. The van der Waals surface area contributed by atoms with Gasteiger partial charge in [-0.05, 0) is 59.9 Å². The number of thiophene rings is 1. The Morgan fingerprint density at radius 3 is 3.17 bits per heavy atom. The van der Waals surface area contributed by atoms with Gasteiger partial charge in [-0.15, -0.1) is 0 Å². The Morgan fingerprint density at radius 2 is 2.38 bits per heavy atom. The van der Waals surface area contributed by atoms with Crippen LogP contribution in [0.5, 0.6) is 0 Å². The van der Waals surface area contributed by atoms with Gasteiger partial charge in [0, 0.05) is 18.7 Å². The number of anilines is 1. The number of carbonyl (C=O) groups is 1. The summed E-state index contributed by atoms with van der Waals surface area (Å²) in [5, 5.41) is 7.07. The summed E-state index contributed by atoms with van der Waals surface area (Å²) in [6.07, 6.45) is 3.41. The van der Waals surface area contributed by atoms with Crippen molar-refractivity contribution in [3.63, 3.8) is 0 Å². The Kier molecular flexibility index (Phi) is 4.32. The van der Waals surface area contributed by atoms with Crippen LogP contribution < -0.4 is 5.32 Å². The Bertz CT molecular complexity index is 835. The second kappa shape index (κ2) is 6.75. The first kappa shape index (κ1) is 15.4. The second-order valence-corrected chi connectivity index (χ2v) is 6.82. The SMILES string of the molecule is O=C(CCc1ccsc1)Nc1ccc2nc(C3CCCO3)[nH]c2c1. The van der Waals surface area contributed by atoms with E-state index in [-0.39, 0.29) is 12.0 Å².